The van der Waals surface area contributed by atoms with Crippen molar-refractivity contribution in [3.63, 3.8) is 0 Å². The summed E-state index contributed by atoms with van der Waals surface area (Å²) in [6.45, 7) is 8.31. The minimum atomic E-state index is -0.859. The van der Waals surface area contributed by atoms with Crippen LogP contribution in [0, 0.1) is 17.2 Å². The largest absolute Gasteiger partial charge is 0.337 e. The SMILES string of the molecule is CC(C)[C@](C)(C#N)NC(=O)CN1CCN(C(=O)c2ccccc2)CC1. The van der Waals surface area contributed by atoms with Crippen LogP contribution in [0.5, 0.6) is 0 Å². The number of amides is 2. The zero-order chi connectivity index (χ0) is 18.4. The van der Waals surface area contributed by atoms with Gasteiger partial charge < -0.3 is 10.2 Å². The summed E-state index contributed by atoms with van der Waals surface area (Å²) in [6, 6.07) is 11.4. The van der Waals surface area contributed by atoms with Gasteiger partial charge in [-0.15, -0.1) is 0 Å². The van der Waals surface area contributed by atoms with E-state index in [1.54, 1.807) is 6.92 Å². The van der Waals surface area contributed by atoms with Crippen LogP contribution >= 0.6 is 0 Å². The van der Waals surface area contributed by atoms with Crippen molar-refractivity contribution in [1.82, 2.24) is 15.1 Å². The molecule has 134 valence electrons. The number of nitrogens with zero attached hydrogens (tertiary/aromatic N) is 3. The normalized spacial score (nSPS) is 17.6. The molecule has 1 heterocycles. The zero-order valence-electron chi connectivity index (χ0n) is 15.2. The van der Waals surface area contributed by atoms with Gasteiger partial charge in [0.15, 0.2) is 0 Å². The van der Waals surface area contributed by atoms with E-state index in [0.29, 0.717) is 31.7 Å². The smallest absolute Gasteiger partial charge is 0.253 e. The molecule has 6 heteroatoms. The molecule has 2 amide bonds. The number of hydrogen-bond donors (Lipinski definition) is 1. The molecule has 1 aromatic rings. The van der Waals surface area contributed by atoms with Crippen molar-refractivity contribution < 1.29 is 9.59 Å². The summed E-state index contributed by atoms with van der Waals surface area (Å²) in [5.41, 5.74) is -0.169. The lowest BCUT2D eigenvalue weighted by molar-refractivity contribution is -0.124. The molecule has 1 saturated heterocycles. The Bertz CT molecular complexity index is 645. The summed E-state index contributed by atoms with van der Waals surface area (Å²) in [5, 5.41) is 12.1. The van der Waals surface area contributed by atoms with E-state index in [2.05, 4.69) is 11.4 Å². The van der Waals surface area contributed by atoms with E-state index in [9.17, 15) is 14.9 Å². The topological polar surface area (TPSA) is 76.4 Å². The molecule has 0 radical (unpaired) electrons. The lowest BCUT2D eigenvalue weighted by atomic mass is 9.90. The van der Waals surface area contributed by atoms with Crippen LogP contribution in [0.15, 0.2) is 30.3 Å². The molecule has 1 N–H and O–H groups in total. The molecule has 0 aliphatic carbocycles. The number of piperazine rings is 1. The van der Waals surface area contributed by atoms with E-state index in [1.807, 2.05) is 54.0 Å². The fraction of sp³-hybridized carbons (Fsp3) is 0.526. The Balaban J connectivity index is 1.83. The molecular weight excluding hydrogens is 316 g/mol. The molecule has 1 aliphatic heterocycles. The molecule has 25 heavy (non-hydrogen) atoms. The standard InChI is InChI=1S/C19H26N4O2/c1-15(2)19(3,14-20)21-17(24)13-22-9-11-23(12-10-22)18(25)16-7-5-4-6-8-16/h4-8,15H,9-13H2,1-3H3,(H,21,24)/t19-/m0/s1. The minimum absolute atomic E-state index is 0.0292. The molecule has 6 nitrogen and oxygen atoms in total. The fourth-order valence-electron chi connectivity index (χ4n) is 2.71. The summed E-state index contributed by atoms with van der Waals surface area (Å²) < 4.78 is 0. The molecule has 1 atom stereocenters. The first-order valence-electron chi connectivity index (χ1n) is 8.64. The molecule has 0 unspecified atom stereocenters. The van der Waals surface area contributed by atoms with Gasteiger partial charge in [-0.05, 0) is 25.0 Å². The molecule has 2 rings (SSSR count). The molecule has 0 bridgehead atoms. The first-order chi connectivity index (χ1) is 11.9. The van der Waals surface area contributed by atoms with Gasteiger partial charge >= 0.3 is 0 Å². The Morgan fingerprint density at radius 1 is 1.20 bits per heavy atom. The van der Waals surface area contributed by atoms with Crippen LogP contribution in [0.1, 0.15) is 31.1 Å². The second-order valence-corrected chi connectivity index (χ2v) is 6.95. The lowest BCUT2D eigenvalue weighted by Crippen LogP contribution is -2.55. The average Bonchev–Trinajstić information content (AvgIpc) is 2.62. The third-order valence-electron chi connectivity index (χ3n) is 4.83. The van der Waals surface area contributed by atoms with E-state index in [1.165, 1.54) is 0 Å². The number of nitrogens with one attached hydrogen (secondary N) is 1. The molecular formula is C19H26N4O2. The van der Waals surface area contributed by atoms with Gasteiger partial charge in [-0.25, -0.2) is 0 Å². The third-order valence-corrected chi connectivity index (χ3v) is 4.83. The van der Waals surface area contributed by atoms with Crippen LogP contribution < -0.4 is 5.32 Å². The third kappa shape index (κ3) is 4.80. The predicted octanol–water partition coefficient (Wildman–Crippen LogP) is 1.50. The number of nitriles is 1. The maximum absolute atomic E-state index is 12.4. The van der Waals surface area contributed by atoms with E-state index < -0.39 is 5.54 Å². The van der Waals surface area contributed by atoms with Gasteiger partial charge in [0, 0.05) is 31.7 Å². The highest BCUT2D eigenvalue weighted by molar-refractivity contribution is 5.94. The quantitative estimate of drug-likeness (QED) is 0.880. The first-order valence-corrected chi connectivity index (χ1v) is 8.64. The van der Waals surface area contributed by atoms with Gasteiger partial charge in [0.25, 0.3) is 5.91 Å². The Labute approximate surface area is 149 Å². The number of rotatable bonds is 5. The van der Waals surface area contributed by atoms with E-state index in [4.69, 9.17) is 0 Å². The Kier molecular flexibility index (Phi) is 6.16. The van der Waals surface area contributed by atoms with Crippen LogP contribution in [-0.2, 0) is 4.79 Å². The molecule has 1 aromatic carbocycles. The molecule has 1 aliphatic rings. The van der Waals surface area contributed by atoms with Crippen molar-refractivity contribution in [3.8, 4) is 6.07 Å². The summed E-state index contributed by atoms with van der Waals surface area (Å²) in [6.07, 6.45) is 0. The van der Waals surface area contributed by atoms with Crippen molar-refractivity contribution in [1.29, 1.82) is 5.26 Å². The molecule has 0 saturated carbocycles. The number of carbonyl (C=O) groups is 2. The first kappa shape index (κ1) is 18.9. The molecule has 1 fully saturated rings. The Hall–Kier alpha value is -2.39. The maximum Gasteiger partial charge on any atom is 0.253 e. The van der Waals surface area contributed by atoms with Crippen molar-refractivity contribution in [2.24, 2.45) is 5.92 Å². The van der Waals surface area contributed by atoms with E-state index in [-0.39, 0.29) is 24.3 Å². The summed E-state index contributed by atoms with van der Waals surface area (Å²) >= 11 is 0. The van der Waals surface area contributed by atoms with Gasteiger partial charge in [0.05, 0.1) is 12.6 Å². The second-order valence-electron chi connectivity index (χ2n) is 6.95. The van der Waals surface area contributed by atoms with E-state index >= 15 is 0 Å². The Morgan fingerprint density at radius 2 is 1.80 bits per heavy atom. The van der Waals surface area contributed by atoms with Crippen LogP contribution in [-0.4, -0.2) is 59.9 Å². The van der Waals surface area contributed by atoms with E-state index in [0.717, 1.165) is 0 Å². The van der Waals surface area contributed by atoms with Crippen molar-refractivity contribution in [2.75, 3.05) is 32.7 Å². The van der Waals surface area contributed by atoms with Gasteiger partial charge in [0.2, 0.25) is 5.91 Å². The van der Waals surface area contributed by atoms with Gasteiger partial charge in [-0.3, -0.25) is 14.5 Å². The average molecular weight is 342 g/mol. The zero-order valence-corrected chi connectivity index (χ0v) is 15.2. The van der Waals surface area contributed by atoms with Gasteiger partial charge in [-0.2, -0.15) is 5.26 Å². The van der Waals surface area contributed by atoms with Gasteiger partial charge in [0.1, 0.15) is 5.54 Å². The fourth-order valence-corrected chi connectivity index (χ4v) is 2.71. The Morgan fingerprint density at radius 3 is 2.32 bits per heavy atom. The van der Waals surface area contributed by atoms with Crippen molar-refractivity contribution in [2.45, 2.75) is 26.3 Å². The number of benzene rings is 1. The minimum Gasteiger partial charge on any atom is -0.337 e. The predicted molar refractivity (Wildman–Crippen MR) is 95.8 cm³/mol. The van der Waals surface area contributed by atoms with Gasteiger partial charge in [-0.1, -0.05) is 32.0 Å². The highest BCUT2D eigenvalue weighted by Crippen LogP contribution is 2.15. The molecule has 0 spiro atoms. The highest BCUT2D eigenvalue weighted by Gasteiger charge is 2.31. The van der Waals surface area contributed by atoms with Crippen LogP contribution in [0.4, 0.5) is 0 Å². The van der Waals surface area contributed by atoms with Crippen LogP contribution in [0.25, 0.3) is 0 Å². The van der Waals surface area contributed by atoms with Crippen LogP contribution in [0.3, 0.4) is 0 Å². The summed E-state index contributed by atoms with van der Waals surface area (Å²) in [7, 11) is 0. The number of hydrogen-bond acceptors (Lipinski definition) is 4. The summed E-state index contributed by atoms with van der Waals surface area (Å²) in [5.74, 6) is -0.0936. The summed E-state index contributed by atoms with van der Waals surface area (Å²) in [4.78, 5) is 28.5. The maximum atomic E-state index is 12.4. The van der Waals surface area contributed by atoms with Crippen LogP contribution in [0.2, 0.25) is 0 Å². The molecule has 0 aromatic heterocycles. The number of carbonyl (C=O) groups excluding carboxylic acids is 2. The lowest BCUT2D eigenvalue weighted by Gasteiger charge is -2.35. The monoisotopic (exact) mass is 342 g/mol. The highest BCUT2D eigenvalue weighted by atomic mass is 16.2. The second kappa shape index (κ2) is 8.13. The van der Waals surface area contributed by atoms with Crippen molar-refractivity contribution >= 4 is 11.8 Å². The van der Waals surface area contributed by atoms with Crippen molar-refractivity contribution in [3.05, 3.63) is 35.9 Å².